The van der Waals surface area contributed by atoms with Gasteiger partial charge in [-0.05, 0) is 54.5 Å². The molecule has 3 rings (SSSR count). The maximum atomic E-state index is 13.3. The van der Waals surface area contributed by atoms with Crippen LogP contribution in [0.1, 0.15) is 29.9 Å². The third kappa shape index (κ3) is 3.00. The lowest BCUT2D eigenvalue weighted by atomic mass is 9.84. The van der Waals surface area contributed by atoms with Crippen LogP contribution in [0.5, 0.6) is 0 Å². The van der Waals surface area contributed by atoms with Crippen molar-refractivity contribution in [2.45, 2.75) is 30.1 Å². The smallest absolute Gasteiger partial charge is 0.179 e. The molecule has 1 aliphatic carbocycles. The van der Waals surface area contributed by atoms with Crippen molar-refractivity contribution in [1.82, 2.24) is 0 Å². The van der Waals surface area contributed by atoms with E-state index >= 15 is 0 Å². The highest BCUT2D eigenvalue weighted by Gasteiger charge is 2.26. The topological polar surface area (TPSA) is 34.1 Å². The summed E-state index contributed by atoms with van der Waals surface area (Å²) < 4.78 is 38.2. The zero-order chi connectivity index (χ0) is 14.9. The summed E-state index contributed by atoms with van der Waals surface area (Å²) in [5, 5.41) is 0. The maximum absolute atomic E-state index is 13.3. The van der Waals surface area contributed by atoms with E-state index in [-0.39, 0.29) is 16.6 Å². The zero-order valence-electron chi connectivity index (χ0n) is 11.6. The van der Waals surface area contributed by atoms with Crippen molar-refractivity contribution in [3.8, 4) is 0 Å². The molecule has 0 bridgehead atoms. The minimum atomic E-state index is -3.47. The Kier molecular flexibility index (Phi) is 3.81. The number of benzene rings is 2. The molecule has 0 amide bonds. The quantitative estimate of drug-likeness (QED) is 0.866. The molecule has 2 aromatic rings. The van der Waals surface area contributed by atoms with E-state index < -0.39 is 15.7 Å². The number of hydrogen-bond donors (Lipinski definition) is 0. The van der Waals surface area contributed by atoms with Gasteiger partial charge in [0.15, 0.2) is 9.84 Å². The molecule has 0 fully saturated rings. The Morgan fingerprint density at radius 2 is 1.90 bits per heavy atom. The van der Waals surface area contributed by atoms with Gasteiger partial charge >= 0.3 is 0 Å². The average molecular weight is 304 g/mol. The van der Waals surface area contributed by atoms with Crippen LogP contribution >= 0.6 is 0 Å². The van der Waals surface area contributed by atoms with Gasteiger partial charge in [-0.2, -0.15) is 0 Å². The molecule has 0 heterocycles. The Morgan fingerprint density at radius 3 is 2.71 bits per heavy atom. The summed E-state index contributed by atoms with van der Waals surface area (Å²) in [6.07, 6.45) is 2.87. The van der Waals surface area contributed by atoms with Crippen LogP contribution in [0.2, 0.25) is 0 Å². The molecule has 0 saturated carbocycles. The summed E-state index contributed by atoms with van der Waals surface area (Å²) in [5.41, 5.74) is 2.37. The van der Waals surface area contributed by atoms with Crippen molar-refractivity contribution in [2.75, 3.05) is 5.75 Å². The van der Waals surface area contributed by atoms with Crippen molar-refractivity contribution in [3.63, 3.8) is 0 Å². The van der Waals surface area contributed by atoms with Crippen LogP contribution in [0.15, 0.2) is 53.4 Å². The van der Waals surface area contributed by atoms with E-state index in [1.807, 2.05) is 18.2 Å². The first kappa shape index (κ1) is 14.3. The molecular formula is C17H17FO2S. The molecule has 2 nitrogen and oxygen atoms in total. The fourth-order valence-corrected chi connectivity index (χ4v) is 4.70. The number of fused-ring (bicyclic) bond motifs is 1. The van der Waals surface area contributed by atoms with Gasteiger partial charge in [0.25, 0.3) is 0 Å². The van der Waals surface area contributed by atoms with E-state index in [0.717, 1.165) is 30.9 Å². The Bertz CT molecular complexity index is 753. The van der Waals surface area contributed by atoms with Crippen molar-refractivity contribution in [2.24, 2.45) is 0 Å². The Balaban J connectivity index is 1.90. The van der Waals surface area contributed by atoms with Crippen molar-refractivity contribution in [1.29, 1.82) is 0 Å². The molecular weight excluding hydrogens is 287 g/mol. The summed E-state index contributed by atoms with van der Waals surface area (Å²) in [4.78, 5) is 0.0746. The molecule has 1 aliphatic rings. The highest BCUT2D eigenvalue weighted by atomic mass is 32.2. The molecule has 2 aromatic carbocycles. The first-order valence-electron chi connectivity index (χ1n) is 7.12. The average Bonchev–Trinajstić information content (AvgIpc) is 2.47. The van der Waals surface area contributed by atoms with Gasteiger partial charge in [0.2, 0.25) is 0 Å². The first-order chi connectivity index (χ1) is 10.1. The van der Waals surface area contributed by atoms with Crippen LogP contribution in [-0.4, -0.2) is 14.2 Å². The van der Waals surface area contributed by atoms with Gasteiger partial charge in [0, 0.05) is 0 Å². The molecule has 1 atom stereocenters. The molecule has 110 valence electrons. The highest BCUT2D eigenvalue weighted by molar-refractivity contribution is 7.91. The molecule has 0 radical (unpaired) electrons. The lowest BCUT2D eigenvalue weighted by Gasteiger charge is -2.25. The lowest BCUT2D eigenvalue weighted by Crippen LogP contribution is -2.19. The van der Waals surface area contributed by atoms with Gasteiger partial charge < -0.3 is 0 Å². The molecule has 4 heteroatoms. The van der Waals surface area contributed by atoms with Gasteiger partial charge in [-0.25, -0.2) is 12.8 Å². The van der Waals surface area contributed by atoms with Crippen molar-refractivity contribution < 1.29 is 12.8 Å². The molecule has 0 spiro atoms. The van der Waals surface area contributed by atoms with Crippen LogP contribution in [0.25, 0.3) is 0 Å². The molecule has 21 heavy (non-hydrogen) atoms. The summed E-state index contributed by atoms with van der Waals surface area (Å²) in [5.74, 6) is -0.462. The summed E-state index contributed by atoms with van der Waals surface area (Å²) in [6, 6.07) is 13.3. The first-order valence-corrected chi connectivity index (χ1v) is 8.77. The Labute approximate surface area is 124 Å². The minimum Gasteiger partial charge on any atom is -0.224 e. The normalized spacial score (nSPS) is 18.2. The summed E-state index contributed by atoms with van der Waals surface area (Å²) in [7, 11) is -3.47. The van der Waals surface area contributed by atoms with E-state index in [0.29, 0.717) is 0 Å². The van der Waals surface area contributed by atoms with E-state index in [2.05, 4.69) is 6.07 Å². The van der Waals surface area contributed by atoms with Gasteiger partial charge in [0.05, 0.1) is 10.6 Å². The molecule has 1 unspecified atom stereocenters. The molecule has 0 aromatic heterocycles. The van der Waals surface area contributed by atoms with Crippen LogP contribution < -0.4 is 0 Å². The Hall–Kier alpha value is -1.68. The molecule has 0 N–H and O–H groups in total. The van der Waals surface area contributed by atoms with Crippen LogP contribution in [0.3, 0.4) is 0 Å². The maximum Gasteiger partial charge on any atom is 0.179 e. The second kappa shape index (κ2) is 5.60. The molecule has 0 aliphatic heterocycles. The van der Waals surface area contributed by atoms with Crippen molar-refractivity contribution in [3.05, 3.63) is 65.5 Å². The minimum absolute atomic E-state index is 0.00298. The third-order valence-corrected chi connectivity index (χ3v) is 5.88. The predicted molar refractivity (Wildman–Crippen MR) is 80.6 cm³/mol. The molecule has 0 saturated heterocycles. The fourth-order valence-electron chi connectivity index (χ4n) is 3.05. The zero-order valence-corrected chi connectivity index (χ0v) is 12.4. The SMILES string of the molecule is O=S(=O)(CC1CCCc2ccccc21)c1cccc(F)c1. The monoisotopic (exact) mass is 304 g/mol. The van der Waals surface area contributed by atoms with E-state index in [1.165, 1.54) is 23.8 Å². The Morgan fingerprint density at radius 1 is 1.10 bits per heavy atom. The van der Waals surface area contributed by atoms with Crippen molar-refractivity contribution >= 4 is 9.84 Å². The van der Waals surface area contributed by atoms with E-state index in [9.17, 15) is 12.8 Å². The number of sulfone groups is 1. The summed E-state index contributed by atoms with van der Waals surface area (Å²) in [6.45, 7) is 0. The second-order valence-corrected chi connectivity index (χ2v) is 7.56. The predicted octanol–water partition coefficient (Wildman–Crippen LogP) is 3.72. The third-order valence-electron chi connectivity index (χ3n) is 4.07. The summed E-state index contributed by atoms with van der Waals surface area (Å²) >= 11 is 0. The number of hydrogen-bond acceptors (Lipinski definition) is 2. The number of halogens is 1. The van der Waals surface area contributed by atoms with E-state index in [1.54, 1.807) is 0 Å². The van der Waals surface area contributed by atoms with E-state index in [4.69, 9.17) is 0 Å². The van der Waals surface area contributed by atoms with Gasteiger partial charge in [-0.3, -0.25) is 0 Å². The fraction of sp³-hybridized carbons (Fsp3) is 0.294. The standard InChI is InChI=1S/C17H17FO2S/c18-15-8-4-9-16(11-15)21(19,20)12-14-7-3-6-13-5-1-2-10-17(13)14/h1-2,4-5,8-11,14H,3,6-7,12H2. The largest absolute Gasteiger partial charge is 0.224 e. The lowest BCUT2D eigenvalue weighted by molar-refractivity contribution is 0.557. The second-order valence-electron chi connectivity index (χ2n) is 5.53. The van der Waals surface area contributed by atoms with Gasteiger partial charge in [-0.15, -0.1) is 0 Å². The number of aryl methyl sites for hydroxylation is 1. The van der Waals surface area contributed by atoms with Crippen LogP contribution in [-0.2, 0) is 16.3 Å². The van der Waals surface area contributed by atoms with Gasteiger partial charge in [-0.1, -0.05) is 30.3 Å². The number of rotatable bonds is 3. The van der Waals surface area contributed by atoms with Crippen LogP contribution in [0.4, 0.5) is 4.39 Å². The van der Waals surface area contributed by atoms with Gasteiger partial charge in [0.1, 0.15) is 5.82 Å². The highest BCUT2D eigenvalue weighted by Crippen LogP contribution is 2.33. The van der Waals surface area contributed by atoms with Crippen LogP contribution in [0, 0.1) is 5.82 Å².